The number of ether oxygens (including phenoxy) is 1. The van der Waals surface area contributed by atoms with E-state index >= 15 is 0 Å². The van der Waals surface area contributed by atoms with E-state index in [2.05, 4.69) is 18.0 Å². The maximum atomic E-state index is 5.90. The molecule has 0 amide bonds. The molecule has 1 heterocycles. The van der Waals surface area contributed by atoms with Crippen LogP contribution in [0.1, 0.15) is 18.1 Å². The lowest BCUT2D eigenvalue weighted by atomic mass is 10.1. The van der Waals surface area contributed by atoms with Gasteiger partial charge in [0, 0.05) is 24.5 Å². The molecule has 0 fully saturated rings. The Morgan fingerprint density at radius 1 is 1.12 bits per heavy atom. The van der Waals surface area contributed by atoms with Crippen LogP contribution >= 0.6 is 0 Å². The first-order valence-corrected chi connectivity index (χ1v) is 5.74. The van der Waals surface area contributed by atoms with Crippen molar-refractivity contribution in [1.29, 1.82) is 0 Å². The zero-order chi connectivity index (χ0) is 12.1. The molecule has 0 unspecified atom stereocenters. The summed E-state index contributed by atoms with van der Waals surface area (Å²) in [5, 5.41) is 0. The molecule has 1 aromatic heterocycles. The van der Waals surface area contributed by atoms with Crippen molar-refractivity contribution in [2.24, 2.45) is 5.73 Å². The monoisotopic (exact) mass is 228 g/mol. The number of pyridine rings is 1. The van der Waals surface area contributed by atoms with Crippen LogP contribution < -0.4 is 10.5 Å². The van der Waals surface area contributed by atoms with E-state index in [1.54, 1.807) is 12.4 Å². The number of para-hydroxylation sites is 1. The summed E-state index contributed by atoms with van der Waals surface area (Å²) in [5.74, 6) is 1.67. The van der Waals surface area contributed by atoms with Gasteiger partial charge in [-0.3, -0.25) is 4.98 Å². The molecule has 0 spiro atoms. The minimum atomic E-state index is 0.428. The summed E-state index contributed by atoms with van der Waals surface area (Å²) in [6.45, 7) is 2.54. The number of nitrogens with zero attached hydrogens (tertiary/aromatic N) is 1. The van der Waals surface area contributed by atoms with Gasteiger partial charge in [-0.2, -0.15) is 0 Å². The highest BCUT2D eigenvalue weighted by Gasteiger charge is 2.06. The second-order valence-corrected chi connectivity index (χ2v) is 3.75. The fourth-order valence-corrected chi connectivity index (χ4v) is 1.68. The van der Waals surface area contributed by atoms with Crippen LogP contribution in [0.15, 0.2) is 42.7 Å². The Kier molecular flexibility index (Phi) is 3.73. The summed E-state index contributed by atoms with van der Waals surface area (Å²) in [5.41, 5.74) is 7.76. The molecule has 0 aliphatic heterocycles. The van der Waals surface area contributed by atoms with Gasteiger partial charge in [0.1, 0.15) is 11.5 Å². The lowest BCUT2D eigenvalue weighted by Gasteiger charge is -2.12. The molecule has 2 rings (SSSR count). The van der Waals surface area contributed by atoms with E-state index in [9.17, 15) is 0 Å². The van der Waals surface area contributed by atoms with Gasteiger partial charge >= 0.3 is 0 Å². The first-order valence-electron chi connectivity index (χ1n) is 5.74. The maximum absolute atomic E-state index is 5.90. The SMILES string of the molecule is CCc1ccccc1Oc1ccncc1CN. The van der Waals surface area contributed by atoms with E-state index in [0.29, 0.717) is 6.54 Å². The van der Waals surface area contributed by atoms with Crippen molar-refractivity contribution < 1.29 is 4.74 Å². The van der Waals surface area contributed by atoms with Gasteiger partial charge in [0.15, 0.2) is 0 Å². The largest absolute Gasteiger partial charge is 0.457 e. The average molecular weight is 228 g/mol. The van der Waals surface area contributed by atoms with Crippen LogP contribution in [0.4, 0.5) is 0 Å². The molecule has 0 atom stereocenters. The molecule has 0 saturated heterocycles. The Bertz CT molecular complexity index is 452. The molecule has 0 aliphatic rings. The van der Waals surface area contributed by atoms with Gasteiger partial charge in [-0.05, 0) is 24.1 Å². The Balaban J connectivity index is 2.31. The fraction of sp³-hybridized carbons (Fsp3) is 0.214. The Morgan fingerprint density at radius 3 is 2.65 bits per heavy atom. The van der Waals surface area contributed by atoms with Crippen molar-refractivity contribution in [3.05, 3.63) is 53.9 Å². The predicted octanol–water partition coefficient (Wildman–Crippen LogP) is 2.89. The molecular formula is C14H16N2O. The summed E-state index contributed by atoms with van der Waals surface area (Å²) in [7, 11) is 0. The molecule has 0 bridgehead atoms. The molecule has 0 saturated carbocycles. The minimum Gasteiger partial charge on any atom is -0.457 e. The Hall–Kier alpha value is -1.87. The summed E-state index contributed by atoms with van der Waals surface area (Å²) in [6.07, 6.45) is 4.39. The zero-order valence-corrected chi connectivity index (χ0v) is 9.89. The van der Waals surface area contributed by atoms with Crippen molar-refractivity contribution >= 4 is 0 Å². The molecule has 3 nitrogen and oxygen atoms in total. The molecule has 1 aromatic carbocycles. The number of hydrogen-bond acceptors (Lipinski definition) is 3. The molecule has 17 heavy (non-hydrogen) atoms. The number of rotatable bonds is 4. The van der Waals surface area contributed by atoms with Crippen molar-refractivity contribution in [3.8, 4) is 11.5 Å². The third kappa shape index (κ3) is 2.63. The summed E-state index contributed by atoms with van der Waals surface area (Å²) < 4.78 is 5.90. The molecule has 3 heteroatoms. The van der Waals surface area contributed by atoms with Gasteiger partial charge in [0.2, 0.25) is 0 Å². The lowest BCUT2D eigenvalue weighted by molar-refractivity contribution is 0.470. The molecular weight excluding hydrogens is 212 g/mol. The molecule has 0 radical (unpaired) electrons. The first kappa shape index (κ1) is 11.6. The normalized spacial score (nSPS) is 10.2. The first-order chi connectivity index (χ1) is 8.35. The lowest BCUT2D eigenvalue weighted by Crippen LogP contribution is -2.00. The van der Waals surface area contributed by atoms with E-state index in [1.807, 2.05) is 24.3 Å². The van der Waals surface area contributed by atoms with Gasteiger partial charge in [0.05, 0.1) is 0 Å². The minimum absolute atomic E-state index is 0.428. The van der Waals surface area contributed by atoms with E-state index in [4.69, 9.17) is 10.5 Å². The van der Waals surface area contributed by atoms with Crippen molar-refractivity contribution in [3.63, 3.8) is 0 Å². The molecule has 88 valence electrons. The number of aromatic nitrogens is 1. The standard InChI is InChI=1S/C14H16N2O/c1-2-11-5-3-4-6-13(11)17-14-7-8-16-10-12(14)9-15/h3-8,10H,2,9,15H2,1H3. The van der Waals surface area contributed by atoms with Crippen LogP contribution in [0.25, 0.3) is 0 Å². The van der Waals surface area contributed by atoms with Crippen molar-refractivity contribution in [2.45, 2.75) is 19.9 Å². The number of nitrogens with two attached hydrogens (primary N) is 1. The molecule has 0 aliphatic carbocycles. The average Bonchev–Trinajstić information content (AvgIpc) is 2.40. The third-order valence-electron chi connectivity index (χ3n) is 2.65. The van der Waals surface area contributed by atoms with Gasteiger partial charge in [-0.15, -0.1) is 0 Å². The van der Waals surface area contributed by atoms with E-state index in [1.165, 1.54) is 5.56 Å². The number of hydrogen-bond donors (Lipinski definition) is 1. The van der Waals surface area contributed by atoms with Gasteiger partial charge in [-0.25, -0.2) is 0 Å². The quantitative estimate of drug-likeness (QED) is 0.875. The maximum Gasteiger partial charge on any atom is 0.135 e. The second kappa shape index (κ2) is 5.46. The zero-order valence-electron chi connectivity index (χ0n) is 9.89. The summed E-state index contributed by atoms with van der Waals surface area (Å²) in [6, 6.07) is 9.87. The van der Waals surface area contributed by atoms with Crippen LogP contribution in [0.3, 0.4) is 0 Å². The van der Waals surface area contributed by atoms with E-state index in [0.717, 1.165) is 23.5 Å². The van der Waals surface area contributed by atoms with Crippen molar-refractivity contribution in [2.75, 3.05) is 0 Å². The highest BCUT2D eigenvalue weighted by Crippen LogP contribution is 2.27. The smallest absolute Gasteiger partial charge is 0.135 e. The van der Waals surface area contributed by atoms with Crippen molar-refractivity contribution in [1.82, 2.24) is 4.98 Å². The highest BCUT2D eigenvalue weighted by atomic mass is 16.5. The fourth-order valence-electron chi connectivity index (χ4n) is 1.68. The number of benzene rings is 1. The number of aryl methyl sites for hydroxylation is 1. The van der Waals surface area contributed by atoms with Gasteiger partial charge in [0.25, 0.3) is 0 Å². The van der Waals surface area contributed by atoms with Gasteiger partial charge < -0.3 is 10.5 Å². The Morgan fingerprint density at radius 2 is 1.88 bits per heavy atom. The van der Waals surface area contributed by atoms with E-state index < -0.39 is 0 Å². The third-order valence-corrected chi connectivity index (χ3v) is 2.65. The van der Waals surface area contributed by atoms with Crippen LogP contribution in [0.2, 0.25) is 0 Å². The Labute approximate surface area is 101 Å². The summed E-state index contributed by atoms with van der Waals surface area (Å²) in [4.78, 5) is 4.04. The summed E-state index contributed by atoms with van der Waals surface area (Å²) >= 11 is 0. The van der Waals surface area contributed by atoms with Gasteiger partial charge in [-0.1, -0.05) is 25.1 Å². The van der Waals surface area contributed by atoms with Crippen LogP contribution in [0, 0.1) is 0 Å². The van der Waals surface area contributed by atoms with Crippen LogP contribution in [-0.4, -0.2) is 4.98 Å². The second-order valence-electron chi connectivity index (χ2n) is 3.75. The topological polar surface area (TPSA) is 48.1 Å². The van der Waals surface area contributed by atoms with Crippen LogP contribution in [-0.2, 0) is 13.0 Å². The molecule has 2 aromatic rings. The van der Waals surface area contributed by atoms with Crippen LogP contribution in [0.5, 0.6) is 11.5 Å². The van der Waals surface area contributed by atoms with E-state index in [-0.39, 0.29) is 0 Å². The highest BCUT2D eigenvalue weighted by molar-refractivity contribution is 5.40. The predicted molar refractivity (Wildman–Crippen MR) is 68.0 cm³/mol. The molecule has 2 N–H and O–H groups in total.